The molecule has 0 spiro atoms. The van der Waals surface area contributed by atoms with Crippen LogP contribution in [0.3, 0.4) is 0 Å². The second kappa shape index (κ2) is 8.96. The predicted octanol–water partition coefficient (Wildman–Crippen LogP) is 4.25. The third-order valence-corrected chi connectivity index (χ3v) is 5.87. The van der Waals surface area contributed by atoms with Crippen LogP contribution in [-0.2, 0) is 11.3 Å². The lowest BCUT2D eigenvalue weighted by Crippen LogP contribution is -2.43. The topological polar surface area (TPSA) is 41.4 Å². The molecule has 1 aliphatic heterocycles. The number of rotatable bonds is 6. The summed E-state index contributed by atoms with van der Waals surface area (Å²) in [6.07, 6.45) is 2.92. The van der Waals surface area contributed by atoms with Gasteiger partial charge in [-0.15, -0.1) is 0 Å². The first-order valence-corrected chi connectivity index (χ1v) is 10.8. The normalized spacial score (nSPS) is 17.4. The van der Waals surface area contributed by atoms with Crippen molar-refractivity contribution in [3.8, 4) is 5.69 Å². The van der Waals surface area contributed by atoms with Crippen molar-refractivity contribution in [2.75, 3.05) is 26.7 Å². The van der Waals surface area contributed by atoms with Crippen molar-refractivity contribution in [1.29, 1.82) is 0 Å². The van der Waals surface area contributed by atoms with Gasteiger partial charge in [0.05, 0.1) is 23.5 Å². The molecule has 0 saturated carbocycles. The first kappa shape index (κ1) is 20.5. The Bertz CT molecular complexity index is 1010. The highest BCUT2D eigenvalue weighted by atomic mass is 19.1. The Morgan fingerprint density at radius 3 is 2.73 bits per heavy atom. The molecule has 0 radical (unpaired) electrons. The zero-order valence-corrected chi connectivity index (χ0v) is 17.7. The molecular formula is C24H29FN4O. The van der Waals surface area contributed by atoms with E-state index >= 15 is 0 Å². The van der Waals surface area contributed by atoms with E-state index < -0.39 is 0 Å². The summed E-state index contributed by atoms with van der Waals surface area (Å²) < 4.78 is 15.6. The maximum atomic E-state index is 13.5. The van der Waals surface area contributed by atoms with Crippen molar-refractivity contribution in [2.24, 2.45) is 5.92 Å². The summed E-state index contributed by atoms with van der Waals surface area (Å²) >= 11 is 0. The van der Waals surface area contributed by atoms with E-state index in [1.165, 1.54) is 12.1 Å². The monoisotopic (exact) mass is 408 g/mol. The lowest BCUT2D eigenvalue weighted by molar-refractivity contribution is -0.136. The molecule has 158 valence electrons. The zero-order chi connectivity index (χ0) is 21.1. The number of fused-ring (bicyclic) bond motifs is 1. The van der Waals surface area contributed by atoms with E-state index in [4.69, 9.17) is 4.98 Å². The first-order valence-electron chi connectivity index (χ1n) is 10.8. The van der Waals surface area contributed by atoms with Crippen molar-refractivity contribution in [2.45, 2.75) is 32.7 Å². The first-order chi connectivity index (χ1) is 14.6. The molecule has 1 fully saturated rings. The number of imidazole rings is 1. The van der Waals surface area contributed by atoms with Gasteiger partial charge in [-0.25, -0.2) is 9.37 Å². The fraction of sp³-hybridized carbons (Fsp3) is 0.417. The molecule has 30 heavy (non-hydrogen) atoms. The molecule has 1 aromatic heterocycles. The summed E-state index contributed by atoms with van der Waals surface area (Å²) in [6, 6.07) is 14.5. The van der Waals surface area contributed by atoms with Crippen molar-refractivity contribution < 1.29 is 9.18 Å². The molecule has 5 nitrogen and oxygen atoms in total. The quantitative estimate of drug-likeness (QED) is 0.612. The summed E-state index contributed by atoms with van der Waals surface area (Å²) in [7, 11) is 1.90. The van der Waals surface area contributed by atoms with E-state index in [-0.39, 0.29) is 17.6 Å². The average molecular weight is 409 g/mol. The molecule has 1 amide bonds. The Morgan fingerprint density at radius 1 is 1.20 bits per heavy atom. The third-order valence-electron chi connectivity index (χ3n) is 5.87. The molecule has 2 aromatic carbocycles. The smallest absolute Gasteiger partial charge is 0.226 e. The molecule has 0 unspecified atom stereocenters. The molecule has 1 aliphatic rings. The van der Waals surface area contributed by atoms with Crippen LogP contribution in [-0.4, -0.2) is 51.9 Å². The van der Waals surface area contributed by atoms with Crippen molar-refractivity contribution in [1.82, 2.24) is 19.4 Å². The summed E-state index contributed by atoms with van der Waals surface area (Å²) in [4.78, 5) is 21.9. The average Bonchev–Trinajstić information content (AvgIpc) is 3.12. The van der Waals surface area contributed by atoms with E-state index in [9.17, 15) is 9.18 Å². The number of hydrogen-bond donors (Lipinski definition) is 0. The summed E-state index contributed by atoms with van der Waals surface area (Å²) in [5.41, 5.74) is 2.82. The molecule has 2 heterocycles. The molecule has 4 rings (SSSR count). The van der Waals surface area contributed by atoms with Crippen LogP contribution < -0.4 is 0 Å². The molecule has 0 N–H and O–H groups in total. The highest BCUT2D eigenvalue weighted by Crippen LogP contribution is 2.25. The van der Waals surface area contributed by atoms with Gasteiger partial charge < -0.3 is 4.90 Å². The van der Waals surface area contributed by atoms with Crippen molar-refractivity contribution >= 4 is 16.9 Å². The van der Waals surface area contributed by atoms with Crippen LogP contribution >= 0.6 is 0 Å². The SMILES string of the molecule is CCCN(C)C(=O)[C@H]1CCCN(Cc2nc3ccccc3n2-c2ccc(F)cc2)C1. The van der Waals surface area contributed by atoms with Crippen LogP contribution in [0, 0.1) is 11.7 Å². The Morgan fingerprint density at radius 2 is 1.97 bits per heavy atom. The number of piperidine rings is 1. The van der Waals surface area contributed by atoms with E-state index in [2.05, 4.69) is 16.4 Å². The molecule has 6 heteroatoms. The van der Waals surface area contributed by atoms with Crippen molar-refractivity contribution in [3.05, 3.63) is 60.2 Å². The minimum atomic E-state index is -0.252. The highest BCUT2D eigenvalue weighted by Gasteiger charge is 2.28. The van der Waals surface area contributed by atoms with Gasteiger partial charge in [0.2, 0.25) is 5.91 Å². The summed E-state index contributed by atoms with van der Waals surface area (Å²) in [5, 5.41) is 0. The van der Waals surface area contributed by atoms with Crippen LogP contribution in [0.15, 0.2) is 48.5 Å². The van der Waals surface area contributed by atoms with E-state index in [0.717, 1.165) is 61.4 Å². The highest BCUT2D eigenvalue weighted by molar-refractivity contribution is 5.79. The summed E-state index contributed by atoms with van der Waals surface area (Å²) in [5.74, 6) is 0.948. The number of nitrogens with zero attached hydrogens (tertiary/aromatic N) is 4. The van der Waals surface area contributed by atoms with Gasteiger partial charge in [-0.1, -0.05) is 19.1 Å². The lowest BCUT2D eigenvalue weighted by atomic mass is 9.96. The van der Waals surface area contributed by atoms with Crippen LogP contribution in [0.25, 0.3) is 16.7 Å². The van der Waals surface area contributed by atoms with Gasteiger partial charge in [0, 0.05) is 25.8 Å². The van der Waals surface area contributed by atoms with E-state index in [1.54, 1.807) is 12.1 Å². The van der Waals surface area contributed by atoms with Crippen molar-refractivity contribution in [3.63, 3.8) is 0 Å². The maximum Gasteiger partial charge on any atom is 0.226 e. The number of halogens is 1. The third kappa shape index (κ3) is 4.24. The zero-order valence-electron chi connectivity index (χ0n) is 17.7. The van der Waals surface area contributed by atoms with E-state index in [1.807, 2.05) is 36.2 Å². The number of carbonyl (C=O) groups excluding carboxylic acids is 1. The Kier molecular flexibility index (Phi) is 6.13. The van der Waals surface area contributed by atoms with Gasteiger partial charge in [-0.2, -0.15) is 0 Å². The van der Waals surface area contributed by atoms with Gasteiger partial charge in [0.1, 0.15) is 11.6 Å². The van der Waals surface area contributed by atoms with Gasteiger partial charge in [0.15, 0.2) is 0 Å². The standard InChI is InChI=1S/C24H29FN4O/c1-3-14-27(2)24(30)18-7-6-15-28(16-18)17-23-26-21-8-4-5-9-22(21)29(23)20-12-10-19(25)11-13-20/h4-5,8-13,18H,3,6-7,14-17H2,1-2H3/t18-/m0/s1. The second-order valence-electron chi connectivity index (χ2n) is 8.16. The lowest BCUT2D eigenvalue weighted by Gasteiger charge is -2.33. The fourth-order valence-electron chi connectivity index (χ4n) is 4.42. The summed E-state index contributed by atoms with van der Waals surface area (Å²) in [6.45, 7) is 5.26. The molecule has 0 aliphatic carbocycles. The number of hydrogen-bond acceptors (Lipinski definition) is 3. The van der Waals surface area contributed by atoms with Gasteiger partial charge >= 0.3 is 0 Å². The fourth-order valence-corrected chi connectivity index (χ4v) is 4.42. The van der Waals surface area contributed by atoms with Gasteiger partial charge in [-0.3, -0.25) is 14.3 Å². The van der Waals surface area contributed by atoms with E-state index in [0.29, 0.717) is 6.54 Å². The molecule has 3 aromatic rings. The van der Waals surface area contributed by atoms with Crippen LogP contribution in [0.4, 0.5) is 4.39 Å². The Hall–Kier alpha value is -2.73. The molecule has 1 saturated heterocycles. The number of benzene rings is 2. The molecule has 1 atom stereocenters. The molecule has 0 bridgehead atoms. The molecular weight excluding hydrogens is 379 g/mol. The second-order valence-corrected chi connectivity index (χ2v) is 8.16. The van der Waals surface area contributed by atoms with Gasteiger partial charge in [-0.05, 0) is 62.2 Å². The minimum absolute atomic E-state index is 0.0407. The number of amides is 1. The van der Waals surface area contributed by atoms with Crippen LogP contribution in [0.5, 0.6) is 0 Å². The predicted molar refractivity (Wildman–Crippen MR) is 117 cm³/mol. The number of para-hydroxylation sites is 2. The van der Waals surface area contributed by atoms with Crippen LogP contribution in [0.1, 0.15) is 32.0 Å². The number of aromatic nitrogens is 2. The van der Waals surface area contributed by atoms with Crippen LogP contribution in [0.2, 0.25) is 0 Å². The number of likely N-dealkylation sites (tertiary alicyclic amines) is 1. The minimum Gasteiger partial charge on any atom is -0.345 e. The van der Waals surface area contributed by atoms with Gasteiger partial charge in [0.25, 0.3) is 0 Å². The largest absolute Gasteiger partial charge is 0.345 e. The Labute approximate surface area is 177 Å². The Balaban J connectivity index is 1.60. The maximum absolute atomic E-state index is 13.5. The number of carbonyl (C=O) groups is 1.